The molecule has 4 rings (SSSR count). The Labute approximate surface area is 232 Å². The van der Waals surface area contributed by atoms with Crippen LogP contribution in [0.1, 0.15) is 65.2 Å². The van der Waals surface area contributed by atoms with Gasteiger partial charge in [-0.05, 0) is 64.7 Å². The first kappa shape index (κ1) is 30.1. The molecule has 4 N–H and O–H groups in total. The van der Waals surface area contributed by atoms with E-state index in [4.69, 9.17) is 35.9 Å². The zero-order valence-electron chi connectivity index (χ0n) is 23.1. The van der Waals surface area contributed by atoms with Crippen molar-refractivity contribution in [3.63, 3.8) is 0 Å². The maximum atomic E-state index is 12.7. The number of ether oxygens (including phenoxy) is 3. The van der Waals surface area contributed by atoms with E-state index in [1.165, 1.54) is 5.71 Å². The van der Waals surface area contributed by atoms with Crippen molar-refractivity contribution in [2.45, 2.75) is 101 Å². The normalized spacial score (nSPS) is 35.7. The van der Waals surface area contributed by atoms with Gasteiger partial charge in [-0.2, -0.15) is 0 Å². The van der Waals surface area contributed by atoms with Crippen LogP contribution in [0, 0.1) is 11.8 Å². The van der Waals surface area contributed by atoms with Gasteiger partial charge in [-0.3, -0.25) is 14.7 Å². The largest absolute Gasteiger partial charge is 0.394 e. The fourth-order valence-corrected chi connectivity index (χ4v) is 6.97. The Morgan fingerprint density at radius 3 is 2.55 bits per heavy atom. The number of hydrogen-bond acceptors (Lipinski definition) is 9. The van der Waals surface area contributed by atoms with Gasteiger partial charge in [-0.1, -0.05) is 0 Å². The second-order valence-corrected chi connectivity index (χ2v) is 11.6. The minimum absolute atomic E-state index is 0.0131. The van der Waals surface area contributed by atoms with E-state index in [1.54, 1.807) is 0 Å². The Morgan fingerprint density at radius 2 is 1.82 bits per heavy atom. The van der Waals surface area contributed by atoms with E-state index in [1.807, 2.05) is 6.92 Å². The smallest absolute Gasteiger partial charge is 0.222 e. The first-order valence-corrected chi connectivity index (χ1v) is 15.1. The van der Waals surface area contributed by atoms with E-state index in [-0.39, 0.29) is 42.4 Å². The van der Waals surface area contributed by atoms with Gasteiger partial charge in [0.25, 0.3) is 0 Å². The number of hydrazine groups is 1. The standard InChI is InChI=1S/C27H48ClN5O5/c1-3-29-25(35)17-23-27-32-31-18(2)33(27)24-9-8-21(38-15-14-37-13-12-36-11-10-34)16-22(24)26(30-23)19-4-6-20(28)7-5-19/h18-24,27,31-32,34H,3-17H2,1-2H3,(H,29,35)/t18?,19?,20?,21?,22?,23-,24?,27?/m0/s1. The molecule has 2 saturated carbocycles. The number of aliphatic hydroxyl groups is 1. The van der Waals surface area contributed by atoms with Gasteiger partial charge in [0.1, 0.15) is 0 Å². The molecule has 1 amide bonds. The van der Waals surface area contributed by atoms with Crippen LogP contribution in [0.5, 0.6) is 0 Å². The summed E-state index contributed by atoms with van der Waals surface area (Å²) in [6, 6.07) is 0.207. The fourth-order valence-electron chi connectivity index (χ4n) is 6.72. The second kappa shape index (κ2) is 15.2. The van der Waals surface area contributed by atoms with E-state index >= 15 is 0 Å². The molecular weight excluding hydrogens is 510 g/mol. The Hall–Kier alpha value is -0.850. The minimum Gasteiger partial charge on any atom is -0.394 e. The Kier molecular flexibility index (Phi) is 12.1. The van der Waals surface area contributed by atoms with Crippen LogP contribution in [0.2, 0.25) is 0 Å². The molecule has 0 radical (unpaired) electrons. The molecule has 0 bridgehead atoms. The molecule has 5 unspecified atom stereocenters. The summed E-state index contributed by atoms with van der Waals surface area (Å²) in [5.74, 6) is 0.766. The average Bonchev–Trinajstić information content (AvgIpc) is 3.23. The molecular formula is C27H48ClN5O5. The first-order valence-electron chi connectivity index (χ1n) is 14.7. The number of hydrogen-bond donors (Lipinski definition) is 4. The molecule has 0 aromatic carbocycles. The van der Waals surface area contributed by atoms with Crippen LogP contribution in [-0.4, -0.2) is 104 Å². The summed E-state index contributed by atoms with van der Waals surface area (Å²) < 4.78 is 17.2. The van der Waals surface area contributed by atoms with Crippen molar-refractivity contribution >= 4 is 23.2 Å². The van der Waals surface area contributed by atoms with E-state index in [9.17, 15) is 4.79 Å². The van der Waals surface area contributed by atoms with Crippen LogP contribution < -0.4 is 16.2 Å². The van der Waals surface area contributed by atoms with Crippen molar-refractivity contribution in [1.29, 1.82) is 0 Å². The van der Waals surface area contributed by atoms with Crippen molar-refractivity contribution < 1.29 is 24.1 Å². The topological polar surface area (TPSA) is 117 Å². The summed E-state index contributed by atoms with van der Waals surface area (Å²) in [4.78, 5) is 20.7. The predicted molar refractivity (Wildman–Crippen MR) is 147 cm³/mol. The first-order chi connectivity index (χ1) is 18.5. The number of fused-ring (bicyclic) bond motifs is 3. The summed E-state index contributed by atoms with van der Waals surface area (Å²) in [5, 5.41) is 12.0. The van der Waals surface area contributed by atoms with E-state index in [2.05, 4.69) is 28.0 Å². The number of halogens is 1. The number of nitrogens with zero attached hydrogens (tertiary/aromatic N) is 2. The van der Waals surface area contributed by atoms with E-state index in [0.29, 0.717) is 63.9 Å². The molecule has 2 aliphatic heterocycles. The molecule has 38 heavy (non-hydrogen) atoms. The lowest BCUT2D eigenvalue weighted by molar-refractivity contribution is -0.121. The fraction of sp³-hybridized carbons (Fsp3) is 0.926. The number of aliphatic imine (C=N–C) groups is 1. The quantitative estimate of drug-likeness (QED) is 0.200. The highest BCUT2D eigenvalue weighted by molar-refractivity contribution is 6.20. The van der Waals surface area contributed by atoms with Crippen LogP contribution >= 0.6 is 11.6 Å². The highest BCUT2D eigenvalue weighted by Gasteiger charge is 2.50. The number of carbonyl (C=O) groups is 1. The van der Waals surface area contributed by atoms with Crippen molar-refractivity contribution in [2.75, 3.05) is 46.2 Å². The van der Waals surface area contributed by atoms with Crippen molar-refractivity contribution in [3.8, 4) is 0 Å². The second-order valence-electron chi connectivity index (χ2n) is 11.0. The Balaban J connectivity index is 1.46. The molecule has 6 atom stereocenters. The average molecular weight is 558 g/mol. The van der Waals surface area contributed by atoms with Gasteiger partial charge in [-0.15, -0.1) is 11.6 Å². The van der Waals surface area contributed by atoms with Crippen LogP contribution in [0.15, 0.2) is 4.99 Å². The molecule has 1 saturated heterocycles. The van der Waals surface area contributed by atoms with Crippen LogP contribution in [0.25, 0.3) is 0 Å². The molecule has 218 valence electrons. The number of rotatable bonds is 13. The summed E-state index contributed by atoms with van der Waals surface area (Å²) >= 11 is 6.49. The number of nitrogens with one attached hydrogen (secondary N) is 3. The van der Waals surface area contributed by atoms with Gasteiger partial charge >= 0.3 is 0 Å². The molecule has 0 aromatic heterocycles. The Bertz CT molecular complexity index is 768. The van der Waals surface area contributed by atoms with Gasteiger partial charge < -0.3 is 24.6 Å². The van der Waals surface area contributed by atoms with Crippen molar-refractivity contribution in [2.24, 2.45) is 16.8 Å². The maximum absolute atomic E-state index is 12.7. The van der Waals surface area contributed by atoms with Gasteiger partial charge in [0.15, 0.2) is 0 Å². The van der Waals surface area contributed by atoms with Gasteiger partial charge in [0.05, 0.1) is 70.5 Å². The highest BCUT2D eigenvalue weighted by Crippen LogP contribution is 2.42. The third kappa shape index (κ3) is 7.87. The van der Waals surface area contributed by atoms with Gasteiger partial charge in [0.2, 0.25) is 5.91 Å². The maximum Gasteiger partial charge on any atom is 0.222 e. The summed E-state index contributed by atoms with van der Waals surface area (Å²) in [7, 11) is 0. The van der Waals surface area contributed by atoms with Gasteiger partial charge in [-0.25, -0.2) is 10.9 Å². The number of aliphatic hydroxyl groups excluding tert-OH is 1. The molecule has 4 aliphatic rings. The SMILES string of the molecule is CCNC(=O)C[C@@H]1N=C(C2CCC(Cl)CC2)C2CC(OCCOCCOCCO)CCC2N2C(C)NNC12. The van der Waals surface area contributed by atoms with Crippen molar-refractivity contribution in [1.82, 2.24) is 21.1 Å². The molecule has 2 heterocycles. The zero-order valence-corrected chi connectivity index (χ0v) is 23.8. The third-order valence-corrected chi connectivity index (χ3v) is 8.89. The zero-order chi connectivity index (χ0) is 26.9. The molecule has 11 heteroatoms. The highest BCUT2D eigenvalue weighted by atomic mass is 35.5. The van der Waals surface area contributed by atoms with E-state index < -0.39 is 0 Å². The number of amides is 1. The molecule has 0 spiro atoms. The lowest BCUT2D eigenvalue weighted by Crippen LogP contribution is -2.55. The monoisotopic (exact) mass is 557 g/mol. The number of alkyl halides is 1. The van der Waals surface area contributed by atoms with Crippen LogP contribution in [-0.2, 0) is 19.0 Å². The third-order valence-electron chi connectivity index (χ3n) is 8.45. The lowest BCUT2D eigenvalue weighted by Gasteiger charge is -2.44. The molecule has 2 aliphatic carbocycles. The lowest BCUT2D eigenvalue weighted by atomic mass is 9.72. The predicted octanol–water partition coefficient (Wildman–Crippen LogP) is 1.79. The summed E-state index contributed by atoms with van der Waals surface area (Å²) in [5.41, 5.74) is 8.20. The van der Waals surface area contributed by atoms with E-state index in [0.717, 1.165) is 44.9 Å². The van der Waals surface area contributed by atoms with Crippen molar-refractivity contribution in [3.05, 3.63) is 0 Å². The molecule has 0 aromatic rings. The van der Waals surface area contributed by atoms with Gasteiger partial charge in [0, 0.05) is 29.6 Å². The molecule has 3 fully saturated rings. The molecule has 10 nitrogen and oxygen atoms in total. The minimum atomic E-state index is -0.144. The summed E-state index contributed by atoms with van der Waals surface area (Å²) in [6.45, 7) is 7.21. The number of carbonyl (C=O) groups excluding carboxylic acids is 1. The Morgan fingerprint density at radius 1 is 1.08 bits per heavy atom. The summed E-state index contributed by atoms with van der Waals surface area (Å²) in [6.07, 6.45) is 7.83. The van der Waals surface area contributed by atoms with Crippen LogP contribution in [0.4, 0.5) is 0 Å². The van der Waals surface area contributed by atoms with Crippen LogP contribution in [0.3, 0.4) is 0 Å².